The van der Waals surface area contributed by atoms with E-state index in [0.717, 1.165) is 5.58 Å². The molecule has 0 aliphatic heterocycles. The number of anilines is 1. The summed E-state index contributed by atoms with van der Waals surface area (Å²) < 4.78 is 5.63. The highest BCUT2D eigenvalue weighted by Crippen LogP contribution is 2.37. The van der Waals surface area contributed by atoms with E-state index >= 15 is 0 Å². The zero-order chi connectivity index (χ0) is 11.2. The first kappa shape index (κ1) is 9.58. The summed E-state index contributed by atoms with van der Waals surface area (Å²) in [5, 5.41) is 5.09. The Morgan fingerprint density at radius 3 is 2.88 bits per heavy atom. The Kier molecular flexibility index (Phi) is 1.99. The van der Waals surface area contributed by atoms with Crippen molar-refractivity contribution in [1.82, 2.24) is 0 Å². The minimum atomic E-state index is 0.709. The molecule has 1 saturated carbocycles. The van der Waals surface area contributed by atoms with E-state index in [-0.39, 0.29) is 0 Å². The third kappa shape index (κ3) is 1.40. The summed E-state index contributed by atoms with van der Waals surface area (Å²) in [6.07, 6.45) is 9.61. The monoisotopic (exact) mass is 227 g/mol. The zero-order valence-corrected chi connectivity index (χ0v) is 9.96. The van der Waals surface area contributed by atoms with Crippen LogP contribution in [0.1, 0.15) is 36.8 Å². The molecular weight excluding hydrogens is 210 g/mol. The summed E-state index contributed by atoms with van der Waals surface area (Å²) >= 11 is 0. The van der Waals surface area contributed by atoms with Crippen LogP contribution in [0.4, 0.5) is 5.69 Å². The van der Waals surface area contributed by atoms with E-state index in [1.165, 1.54) is 60.7 Å². The Bertz CT molecular complexity index is 566. The smallest absolute Gasteiger partial charge is 0.134 e. The summed E-state index contributed by atoms with van der Waals surface area (Å²) in [6, 6.07) is 5.03. The van der Waals surface area contributed by atoms with Crippen molar-refractivity contribution >= 4 is 16.7 Å². The molecule has 1 heterocycles. The summed E-state index contributed by atoms with van der Waals surface area (Å²) in [4.78, 5) is 0. The number of benzene rings is 1. The molecule has 0 radical (unpaired) electrons. The first-order chi connectivity index (χ1) is 8.42. The maximum Gasteiger partial charge on any atom is 0.134 e. The molecule has 1 aromatic carbocycles. The van der Waals surface area contributed by atoms with Gasteiger partial charge in [-0.05, 0) is 61.8 Å². The van der Waals surface area contributed by atoms with Crippen LogP contribution in [0.5, 0.6) is 0 Å². The van der Waals surface area contributed by atoms with Crippen molar-refractivity contribution in [3.8, 4) is 0 Å². The molecule has 2 aliphatic rings. The van der Waals surface area contributed by atoms with Crippen molar-refractivity contribution < 1.29 is 4.42 Å². The lowest BCUT2D eigenvalue weighted by atomic mass is 9.89. The highest BCUT2D eigenvalue weighted by atomic mass is 16.3. The number of nitrogens with one attached hydrogen (secondary N) is 1. The second-order valence-electron chi connectivity index (χ2n) is 5.35. The molecule has 2 nitrogen and oxygen atoms in total. The van der Waals surface area contributed by atoms with Gasteiger partial charge in [0.25, 0.3) is 0 Å². The fraction of sp³-hybridized carbons (Fsp3) is 0.467. The number of aryl methyl sites for hydroxylation is 2. The second kappa shape index (κ2) is 3.52. The van der Waals surface area contributed by atoms with E-state index in [4.69, 9.17) is 4.42 Å². The Morgan fingerprint density at radius 1 is 1.12 bits per heavy atom. The Hall–Kier alpha value is -1.44. The van der Waals surface area contributed by atoms with Crippen LogP contribution in [-0.4, -0.2) is 6.04 Å². The lowest BCUT2D eigenvalue weighted by molar-refractivity contribution is 0.445. The van der Waals surface area contributed by atoms with E-state index in [1.807, 2.05) is 6.26 Å². The van der Waals surface area contributed by atoms with Gasteiger partial charge in [-0.2, -0.15) is 0 Å². The predicted molar refractivity (Wildman–Crippen MR) is 69.5 cm³/mol. The first-order valence-electron chi connectivity index (χ1n) is 6.70. The van der Waals surface area contributed by atoms with Crippen LogP contribution in [0.25, 0.3) is 11.0 Å². The molecule has 1 fully saturated rings. The predicted octanol–water partition coefficient (Wildman–Crippen LogP) is 3.89. The van der Waals surface area contributed by atoms with Crippen LogP contribution in [-0.2, 0) is 12.8 Å². The van der Waals surface area contributed by atoms with Crippen LogP contribution in [0.2, 0.25) is 0 Å². The van der Waals surface area contributed by atoms with E-state index in [1.54, 1.807) is 0 Å². The number of furan rings is 1. The highest BCUT2D eigenvalue weighted by Gasteiger charge is 2.22. The van der Waals surface area contributed by atoms with Gasteiger partial charge in [0, 0.05) is 17.1 Å². The minimum absolute atomic E-state index is 0.709. The van der Waals surface area contributed by atoms with Crippen LogP contribution >= 0.6 is 0 Å². The molecule has 4 rings (SSSR count). The van der Waals surface area contributed by atoms with Gasteiger partial charge in [-0.3, -0.25) is 0 Å². The molecule has 0 bridgehead atoms. The minimum Gasteiger partial charge on any atom is -0.464 e. The van der Waals surface area contributed by atoms with Crippen molar-refractivity contribution in [1.29, 1.82) is 0 Å². The molecule has 1 aromatic heterocycles. The summed E-state index contributed by atoms with van der Waals surface area (Å²) in [7, 11) is 0. The number of hydrogen-bond acceptors (Lipinski definition) is 2. The largest absolute Gasteiger partial charge is 0.464 e. The van der Waals surface area contributed by atoms with E-state index in [2.05, 4.69) is 17.4 Å². The van der Waals surface area contributed by atoms with Crippen LogP contribution in [0.15, 0.2) is 22.8 Å². The zero-order valence-electron chi connectivity index (χ0n) is 9.96. The van der Waals surface area contributed by atoms with Gasteiger partial charge in [-0.15, -0.1) is 0 Å². The normalized spacial score (nSPS) is 19.3. The lowest BCUT2D eigenvalue weighted by Crippen LogP contribution is -2.27. The molecule has 88 valence electrons. The van der Waals surface area contributed by atoms with Gasteiger partial charge < -0.3 is 9.73 Å². The third-order valence-electron chi connectivity index (χ3n) is 4.26. The molecule has 0 spiro atoms. The van der Waals surface area contributed by atoms with Gasteiger partial charge in [-0.1, -0.05) is 0 Å². The van der Waals surface area contributed by atoms with Gasteiger partial charge in [0.2, 0.25) is 0 Å². The average Bonchev–Trinajstić information content (AvgIpc) is 2.72. The fourth-order valence-electron chi connectivity index (χ4n) is 3.08. The topological polar surface area (TPSA) is 25.2 Å². The van der Waals surface area contributed by atoms with Crippen LogP contribution < -0.4 is 5.32 Å². The molecule has 0 saturated heterocycles. The quantitative estimate of drug-likeness (QED) is 0.842. The fourth-order valence-corrected chi connectivity index (χ4v) is 3.08. The van der Waals surface area contributed by atoms with Crippen LogP contribution in [0.3, 0.4) is 0 Å². The van der Waals surface area contributed by atoms with Crippen molar-refractivity contribution in [3.63, 3.8) is 0 Å². The SMILES string of the molecule is c1cc2occ3c2c(c1NC1CCC1)CCC3. The summed E-state index contributed by atoms with van der Waals surface area (Å²) in [6.45, 7) is 0. The molecule has 0 amide bonds. The molecule has 1 N–H and O–H groups in total. The highest BCUT2D eigenvalue weighted by molar-refractivity contribution is 5.90. The van der Waals surface area contributed by atoms with Gasteiger partial charge in [-0.25, -0.2) is 0 Å². The Balaban J connectivity index is 1.83. The average molecular weight is 227 g/mol. The Labute approximate surface area is 101 Å². The molecule has 17 heavy (non-hydrogen) atoms. The molecule has 2 aromatic rings. The Morgan fingerprint density at radius 2 is 2.06 bits per heavy atom. The molecule has 2 heteroatoms. The summed E-state index contributed by atoms with van der Waals surface area (Å²) in [5.41, 5.74) is 5.31. The van der Waals surface area contributed by atoms with E-state index in [9.17, 15) is 0 Å². The lowest BCUT2D eigenvalue weighted by Gasteiger charge is -2.29. The maximum absolute atomic E-state index is 5.63. The van der Waals surface area contributed by atoms with Crippen LogP contribution in [0, 0.1) is 0 Å². The number of rotatable bonds is 2. The van der Waals surface area contributed by atoms with Crippen molar-refractivity contribution in [2.45, 2.75) is 44.6 Å². The standard InChI is InChI=1S/C15H17NO/c1-3-10-9-17-14-8-7-13(12(6-1)15(10)14)16-11-4-2-5-11/h7-9,11,16H,1-6H2. The summed E-state index contributed by atoms with van der Waals surface area (Å²) in [5.74, 6) is 0. The molecular formula is C15H17NO. The second-order valence-corrected chi connectivity index (χ2v) is 5.35. The van der Waals surface area contributed by atoms with Gasteiger partial charge in [0.05, 0.1) is 6.26 Å². The number of hydrogen-bond donors (Lipinski definition) is 1. The van der Waals surface area contributed by atoms with E-state index in [0.29, 0.717) is 6.04 Å². The molecule has 0 unspecified atom stereocenters. The third-order valence-corrected chi connectivity index (χ3v) is 4.26. The van der Waals surface area contributed by atoms with Gasteiger partial charge in [0.15, 0.2) is 0 Å². The maximum atomic E-state index is 5.63. The van der Waals surface area contributed by atoms with Gasteiger partial charge in [0.1, 0.15) is 5.58 Å². The first-order valence-corrected chi connectivity index (χ1v) is 6.70. The molecule has 0 atom stereocenters. The molecule has 2 aliphatic carbocycles. The van der Waals surface area contributed by atoms with Crippen molar-refractivity contribution in [2.24, 2.45) is 0 Å². The van der Waals surface area contributed by atoms with E-state index < -0.39 is 0 Å². The van der Waals surface area contributed by atoms with Crippen molar-refractivity contribution in [2.75, 3.05) is 5.32 Å². The van der Waals surface area contributed by atoms with Gasteiger partial charge >= 0.3 is 0 Å². The van der Waals surface area contributed by atoms with Crippen molar-refractivity contribution in [3.05, 3.63) is 29.5 Å².